The molecule has 0 saturated carbocycles. The topological polar surface area (TPSA) is 119 Å². The SMILES string of the molecule is CCCCN(C(=O)CSc1nc2cc(Cl)ccc2n1C)c1c(N)n(CC(C)C)c(=O)[nH]c1=O. The number of benzene rings is 1. The molecule has 9 nitrogen and oxygen atoms in total. The Morgan fingerprint density at radius 1 is 1.33 bits per heavy atom. The largest absolute Gasteiger partial charge is 0.383 e. The molecule has 178 valence electrons. The highest BCUT2D eigenvalue weighted by Gasteiger charge is 2.25. The van der Waals surface area contributed by atoms with Crippen molar-refractivity contribution in [2.75, 3.05) is 22.9 Å². The number of hydrogen-bond acceptors (Lipinski definition) is 6. The Balaban J connectivity index is 1.92. The van der Waals surface area contributed by atoms with E-state index in [-0.39, 0.29) is 29.1 Å². The Labute approximate surface area is 200 Å². The summed E-state index contributed by atoms with van der Waals surface area (Å²) in [7, 11) is 1.87. The molecule has 0 radical (unpaired) electrons. The molecule has 1 amide bonds. The van der Waals surface area contributed by atoms with Gasteiger partial charge >= 0.3 is 5.69 Å². The van der Waals surface area contributed by atoms with Gasteiger partial charge in [-0.25, -0.2) is 9.78 Å². The van der Waals surface area contributed by atoms with E-state index in [9.17, 15) is 14.4 Å². The van der Waals surface area contributed by atoms with Gasteiger partial charge in [0.25, 0.3) is 5.56 Å². The third-order valence-corrected chi connectivity index (χ3v) is 6.44. The fraction of sp³-hybridized carbons (Fsp3) is 0.455. The fourth-order valence-corrected chi connectivity index (χ4v) is 4.58. The van der Waals surface area contributed by atoms with E-state index in [1.807, 2.05) is 38.5 Å². The molecule has 0 aliphatic heterocycles. The molecule has 0 saturated heterocycles. The van der Waals surface area contributed by atoms with Crippen LogP contribution < -0.4 is 21.9 Å². The number of anilines is 2. The molecule has 0 spiro atoms. The van der Waals surface area contributed by atoms with E-state index >= 15 is 0 Å². The summed E-state index contributed by atoms with van der Waals surface area (Å²) in [4.78, 5) is 46.6. The molecule has 0 aliphatic carbocycles. The fourth-order valence-electron chi connectivity index (χ4n) is 3.55. The van der Waals surface area contributed by atoms with E-state index in [0.29, 0.717) is 29.7 Å². The molecule has 2 heterocycles. The molecule has 3 rings (SSSR count). The van der Waals surface area contributed by atoms with Crippen LogP contribution in [0.4, 0.5) is 11.5 Å². The molecule has 0 atom stereocenters. The van der Waals surface area contributed by atoms with Gasteiger partial charge < -0.3 is 15.2 Å². The summed E-state index contributed by atoms with van der Waals surface area (Å²) in [5, 5.41) is 1.24. The number of nitrogens with two attached hydrogens (primary N) is 1. The van der Waals surface area contributed by atoms with E-state index in [2.05, 4.69) is 9.97 Å². The maximum atomic E-state index is 13.3. The van der Waals surface area contributed by atoms with Gasteiger partial charge in [0.2, 0.25) is 5.91 Å². The number of aromatic nitrogens is 4. The van der Waals surface area contributed by atoms with Gasteiger partial charge in [-0.05, 0) is 30.5 Å². The number of rotatable bonds is 9. The van der Waals surface area contributed by atoms with Crippen molar-refractivity contribution < 1.29 is 4.79 Å². The first-order valence-electron chi connectivity index (χ1n) is 10.8. The smallest absolute Gasteiger partial charge is 0.330 e. The Bertz CT molecular complexity index is 1280. The van der Waals surface area contributed by atoms with Gasteiger partial charge in [-0.2, -0.15) is 0 Å². The Morgan fingerprint density at radius 2 is 2.06 bits per heavy atom. The number of aryl methyl sites for hydroxylation is 1. The number of H-pyrrole nitrogens is 1. The van der Waals surface area contributed by atoms with Crippen LogP contribution in [0.25, 0.3) is 11.0 Å². The number of thioether (sulfide) groups is 1. The summed E-state index contributed by atoms with van der Waals surface area (Å²) in [6.45, 7) is 6.53. The number of nitrogens with one attached hydrogen (secondary N) is 1. The van der Waals surface area contributed by atoms with Crippen LogP contribution in [-0.4, -0.2) is 37.3 Å². The van der Waals surface area contributed by atoms with E-state index < -0.39 is 11.2 Å². The standard InChI is InChI=1S/C22H29ClN6O3S/c1-5-6-9-28(18-19(24)29(11-13(2)3)21(32)26-20(18)31)17(30)12-33-22-25-15-10-14(23)7-8-16(15)27(22)4/h7-8,10,13H,5-6,9,11-12,24H2,1-4H3,(H,26,31,32). The lowest BCUT2D eigenvalue weighted by Gasteiger charge is -2.24. The minimum atomic E-state index is -0.663. The molecule has 2 aromatic heterocycles. The third kappa shape index (κ3) is 5.44. The van der Waals surface area contributed by atoms with Gasteiger partial charge in [0, 0.05) is 25.2 Å². The molecule has 0 unspecified atom stereocenters. The predicted octanol–water partition coefficient (Wildman–Crippen LogP) is 3.24. The zero-order chi connectivity index (χ0) is 24.3. The first kappa shape index (κ1) is 24.9. The number of fused-ring (bicyclic) bond motifs is 1. The third-order valence-electron chi connectivity index (χ3n) is 5.19. The molecule has 11 heteroatoms. The summed E-state index contributed by atoms with van der Waals surface area (Å²) < 4.78 is 3.21. The Hall–Kier alpha value is -2.72. The second kappa shape index (κ2) is 10.5. The number of carbonyl (C=O) groups is 1. The molecule has 0 fully saturated rings. The summed E-state index contributed by atoms with van der Waals surface area (Å²) in [6, 6.07) is 5.44. The average Bonchev–Trinajstić information content (AvgIpc) is 3.06. The second-order valence-electron chi connectivity index (χ2n) is 8.27. The molecule has 33 heavy (non-hydrogen) atoms. The van der Waals surface area contributed by atoms with E-state index in [0.717, 1.165) is 17.5 Å². The lowest BCUT2D eigenvalue weighted by atomic mass is 10.2. The summed E-state index contributed by atoms with van der Waals surface area (Å²) >= 11 is 7.33. The minimum Gasteiger partial charge on any atom is -0.383 e. The van der Waals surface area contributed by atoms with Gasteiger partial charge in [0.15, 0.2) is 10.8 Å². The van der Waals surface area contributed by atoms with E-state index in [1.54, 1.807) is 12.1 Å². The van der Waals surface area contributed by atoms with E-state index in [1.165, 1.54) is 21.2 Å². The number of carbonyl (C=O) groups excluding carboxylic acids is 1. The lowest BCUT2D eigenvalue weighted by molar-refractivity contribution is -0.116. The number of nitrogen functional groups attached to an aromatic ring is 1. The zero-order valence-corrected chi connectivity index (χ0v) is 20.8. The zero-order valence-electron chi connectivity index (χ0n) is 19.2. The highest BCUT2D eigenvalue weighted by atomic mass is 35.5. The van der Waals surface area contributed by atoms with Gasteiger partial charge in [-0.1, -0.05) is 50.6 Å². The molecule has 0 bridgehead atoms. The van der Waals surface area contributed by atoms with Gasteiger partial charge in [-0.15, -0.1) is 0 Å². The summed E-state index contributed by atoms with van der Waals surface area (Å²) in [5.74, 6) is -0.100. The molecule has 1 aromatic carbocycles. The van der Waals surface area contributed by atoms with Crippen molar-refractivity contribution in [1.82, 2.24) is 19.1 Å². The number of halogens is 1. The average molecular weight is 493 g/mol. The number of aromatic amines is 1. The highest BCUT2D eigenvalue weighted by molar-refractivity contribution is 7.99. The van der Waals surface area contributed by atoms with Crippen molar-refractivity contribution in [3.63, 3.8) is 0 Å². The van der Waals surface area contributed by atoms with Gasteiger partial charge in [0.05, 0.1) is 16.8 Å². The van der Waals surface area contributed by atoms with Crippen LogP contribution in [0, 0.1) is 5.92 Å². The van der Waals surface area contributed by atoms with Crippen LogP contribution >= 0.6 is 23.4 Å². The number of unbranched alkanes of at least 4 members (excludes halogenated alkanes) is 1. The normalized spacial score (nSPS) is 11.5. The highest BCUT2D eigenvalue weighted by Crippen LogP contribution is 2.26. The summed E-state index contributed by atoms with van der Waals surface area (Å²) in [6.07, 6.45) is 1.51. The van der Waals surface area contributed by atoms with Crippen LogP contribution in [0.15, 0.2) is 32.9 Å². The quantitative estimate of drug-likeness (QED) is 0.442. The van der Waals surface area contributed by atoms with Crippen LogP contribution in [-0.2, 0) is 18.4 Å². The van der Waals surface area contributed by atoms with Crippen molar-refractivity contribution in [3.8, 4) is 0 Å². The van der Waals surface area contributed by atoms with Crippen LogP contribution in [0.1, 0.15) is 33.6 Å². The lowest BCUT2D eigenvalue weighted by Crippen LogP contribution is -2.42. The van der Waals surface area contributed by atoms with Crippen molar-refractivity contribution in [1.29, 1.82) is 0 Å². The van der Waals surface area contributed by atoms with E-state index in [4.69, 9.17) is 17.3 Å². The van der Waals surface area contributed by atoms with Gasteiger partial charge in [-0.3, -0.25) is 19.1 Å². The Kier molecular flexibility index (Phi) is 7.91. The molecule has 3 aromatic rings. The molecular weight excluding hydrogens is 464 g/mol. The van der Waals surface area contributed by atoms with Crippen molar-refractivity contribution in [2.45, 2.75) is 45.3 Å². The summed E-state index contributed by atoms with van der Waals surface area (Å²) in [5.41, 5.74) is 6.67. The minimum absolute atomic E-state index is 0.00396. The van der Waals surface area contributed by atoms with Crippen molar-refractivity contribution >= 4 is 51.8 Å². The van der Waals surface area contributed by atoms with Crippen LogP contribution in [0.2, 0.25) is 5.02 Å². The Morgan fingerprint density at radius 3 is 2.73 bits per heavy atom. The van der Waals surface area contributed by atoms with Crippen molar-refractivity contribution in [2.24, 2.45) is 13.0 Å². The number of hydrogen-bond donors (Lipinski definition) is 2. The molecular formula is C22H29ClN6O3S. The molecule has 3 N–H and O–H groups in total. The number of imidazole rings is 1. The second-order valence-corrected chi connectivity index (χ2v) is 9.65. The van der Waals surface area contributed by atoms with Crippen LogP contribution in [0.5, 0.6) is 0 Å². The molecule has 0 aliphatic rings. The van der Waals surface area contributed by atoms with Crippen LogP contribution in [0.3, 0.4) is 0 Å². The number of nitrogens with zero attached hydrogens (tertiary/aromatic N) is 4. The first-order valence-corrected chi connectivity index (χ1v) is 12.2. The number of amides is 1. The van der Waals surface area contributed by atoms with Gasteiger partial charge in [0.1, 0.15) is 5.82 Å². The van der Waals surface area contributed by atoms with Crippen molar-refractivity contribution in [3.05, 3.63) is 44.1 Å². The monoisotopic (exact) mass is 492 g/mol. The predicted molar refractivity (Wildman–Crippen MR) is 134 cm³/mol. The maximum Gasteiger partial charge on any atom is 0.330 e. The maximum absolute atomic E-state index is 13.3. The first-order chi connectivity index (χ1) is 15.6.